The van der Waals surface area contributed by atoms with Crippen LogP contribution in [0.25, 0.3) is 0 Å². The Morgan fingerprint density at radius 1 is 1.00 bits per heavy atom. The highest BCUT2D eigenvalue weighted by molar-refractivity contribution is 8.02. The summed E-state index contributed by atoms with van der Waals surface area (Å²) in [5.41, 5.74) is 2.37. The summed E-state index contributed by atoms with van der Waals surface area (Å²) in [5, 5.41) is 13.5. The van der Waals surface area contributed by atoms with Crippen LogP contribution < -0.4 is 0 Å². The van der Waals surface area contributed by atoms with Crippen LogP contribution in [0, 0.1) is 10.1 Å². The molecule has 0 saturated carbocycles. The van der Waals surface area contributed by atoms with Crippen LogP contribution in [0.3, 0.4) is 0 Å². The quantitative estimate of drug-likeness (QED) is 0.203. The van der Waals surface area contributed by atoms with Crippen molar-refractivity contribution in [3.8, 4) is 0 Å². The number of hydrogen-bond acceptors (Lipinski definition) is 4. The van der Waals surface area contributed by atoms with Gasteiger partial charge in [0, 0.05) is 27.6 Å². The fourth-order valence-corrected chi connectivity index (χ4v) is 3.27. The van der Waals surface area contributed by atoms with Crippen LogP contribution in [0.15, 0.2) is 100 Å². The molecule has 0 N–H and O–H groups in total. The number of benzene rings is 3. The molecule has 0 heterocycles. The molecule has 0 fully saturated rings. The lowest BCUT2D eigenvalue weighted by atomic mass is 10.1. The van der Waals surface area contributed by atoms with Crippen LogP contribution in [0.4, 0.5) is 11.4 Å². The Labute approximate surface area is 166 Å². The van der Waals surface area contributed by atoms with E-state index in [4.69, 9.17) is 11.6 Å². The number of nitro groups is 1. The summed E-state index contributed by atoms with van der Waals surface area (Å²) in [6, 6.07) is 23.5. The van der Waals surface area contributed by atoms with Crippen LogP contribution in [0.1, 0.15) is 5.56 Å². The first-order chi connectivity index (χ1) is 13.1. The van der Waals surface area contributed by atoms with E-state index in [2.05, 4.69) is 4.99 Å². The van der Waals surface area contributed by atoms with E-state index in [1.165, 1.54) is 23.9 Å². The molecule has 0 saturated heterocycles. The van der Waals surface area contributed by atoms with E-state index in [1.807, 2.05) is 66.1 Å². The Hall–Kier alpha value is -2.89. The van der Waals surface area contributed by atoms with E-state index in [0.29, 0.717) is 10.7 Å². The summed E-state index contributed by atoms with van der Waals surface area (Å²) >= 11 is 7.54. The SMILES string of the molecule is O=[N+]([O-])c1ccc(C(C=CSc2cccc(Cl)c2)=Nc2ccccc2)cc1. The van der Waals surface area contributed by atoms with Gasteiger partial charge in [0.05, 0.1) is 16.3 Å². The van der Waals surface area contributed by atoms with Gasteiger partial charge >= 0.3 is 0 Å². The van der Waals surface area contributed by atoms with Gasteiger partial charge in [-0.1, -0.05) is 47.6 Å². The molecule has 6 heteroatoms. The molecular formula is C21H15ClN2O2S. The first kappa shape index (κ1) is 18.9. The van der Waals surface area contributed by atoms with Gasteiger partial charge in [0.2, 0.25) is 0 Å². The first-order valence-corrected chi connectivity index (χ1v) is 9.35. The van der Waals surface area contributed by atoms with Gasteiger partial charge in [0.1, 0.15) is 0 Å². The molecule has 0 unspecified atom stereocenters. The maximum Gasteiger partial charge on any atom is 0.269 e. The first-order valence-electron chi connectivity index (χ1n) is 8.09. The van der Waals surface area contributed by atoms with Crippen molar-refractivity contribution >= 4 is 40.4 Å². The molecule has 0 aliphatic rings. The second-order valence-corrected chi connectivity index (χ2v) is 6.93. The van der Waals surface area contributed by atoms with Crippen molar-refractivity contribution in [1.82, 2.24) is 0 Å². The standard InChI is InChI=1S/C21H15ClN2O2S/c22-17-5-4-8-20(15-17)27-14-13-21(23-18-6-2-1-3-7-18)16-9-11-19(12-10-16)24(25)26/h1-15H. The van der Waals surface area contributed by atoms with E-state index in [1.54, 1.807) is 12.1 Å². The number of nitro benzene ring substituents is 1. The summed E-state index contributed by atoms with van der Waals surface area (Å²) in [6.07, 6.45) is 1.89. The van der Waals surface area contributed by atoms with Crippen molar-refractivity contribution in [3.63, 3.8) is 0 Å². The summed E-state index contributed by atoms with van der Waals surface area (Å²) < 4.78 is 0. The average molecular weight is 395 g/mol. The molecule has 27 heavy (non-hydrogen) atoms. The summed E-state index contributed by atoms with van der Waals surface area (Å²) in [5.74, 6) is 0. The second-order valence-electron chi connectivity index (χ2n) is 5.51. The largest absolute Gasteiger partial charge is 0.269 e. The topological polar surface area (TPSA) is 55.5 Å². The van der Waals surface area contributed by atoms with Crippen LogP contribution in [-0.4, -0.2) is 10.6 Å². The third-order valence-corrected chi connectivity index (χ3v) is 4.64. The van der Waals surface area contributed by atoms with Gasteiger partial charge in [-0.2, -0.15) is 0 Å². The monoisotopic (exact) mass is 394 g/mol. The minimum Gasteiger partial charge on any atom is -0.258 e. The lowest BCUT2D eigenvalue weighted by molar-refractivity contribution is -0.384. The molecular weight excluding hydrogens is 380 g/mol. The number of non-ortho nitro benzene ring substituents is 1. The molecule has 0 aliphatic heterocycles. The predicted octanol–water partition coefficient (Wildman–Crippen LogP) is 6.68. The van der Waals surface area contributed by atoms with Gasteiger partial charge in [-0.3, -0.25) is 10.1 Å². The Bertz CT molecular complexity index is 987. The molecule has 3 aromatic carbocycles. The number of hydrogen-bond donors (Lipinski definition) is 0. The Morgan fingerprint density at radius 3 is 2.41 bits per heavy atom. The van der Waals surface area contributed by atoms with Crippen molar-refractivity contribution in [2.75, 3.05) is 0 Å². The zero-order valence-electron chi connectivity index (χ0n) is 14.2. The van der Waals surface area contributed by atoms with E-state index < -0.39 is 4.92 Å². The van der Waals surface area contributed by atoms with Crippen molar-refractivity contribution < 1.29 is 4.92 Å². The summed E-state index contributed by atoms with van der Waals surface area (Å²) in [7, 11) is 0. The maximum absolute atomic E-state index is 10.9. The molecule has 0 spiro atoms. The lowest BCUT2D eigenvalue weighted by Gasteiger charge is -2.03. The van der Waals surface area contributed by atoms with Crippen LogP contribution in [0.2, 0.25) is 5.02 Å². The Kier molecular flexibility index (Phi) is 6.41. The van der Waals surface area contributed by atoms with Crippen LogP contribution >= 0.6 is 23.4 Å². The fraction of sp³-hybridized carbons (Fsp3) is 0. The molecule has 0 aromatic heterocycles. The zero-order valence-corrected chi connectivity index (χ0v) is 15.7. The number of allylic oxidation sites excluding steroid dienone is 1. The highest BCUT2D eigenvalue weighted by atomic mass is 35.5. The van der Waals surface area contributed by atoms with Gasteiger partial charge in [-0.15, -0.1) is 0 Å². The predicted molar refractivity (Wildman–Crippen MR) is 112 cm³/mol. The van der Waals surface area contributed by atoms with Gasteiger partial charge in [-0.25, -0.2) is 4.99 Å². The van der Waals surface area contributed by atoms with E-state index in [0.717, 1.165) is 16.1 Å². The van der Waals surface area contributed by atoms with Crippen LogP contribution in [0.5, 0.6) is 0 Å². The average Bonchev–Trinajstić information content (AvgIpc) is 2.68. The molecule has 3 aromatic rings. The molecule has 134 valence electrons. The van der Waals surface area contributed by atoms with Crippen molar-refractivity contribution in [3.05, 3.63) is 111 Å². The molecule has 0 aliphatic carbocycles. The van der Waals surface area contributed by atoms with Gasteiger partial charge in [0.25, 0.3) is 5.69 Å². The smallest absolute Gasteiger partial charge is 0.258 e. The zero-order chi connectivity index (χ0) is 19.1. The van der Waals surface area contributed by atoms with E-state index >= 15 is 0 Å². The molecule has 0 radical (unpaired) electrons. The van der Waals surface area contributed by atoms with Gasteiger partial charge in [0.15, 0.2) is 0 Å². The van der Waals surface area contributed by atoms with Crippen molar-refractivity contribution in [2.45, 2.75) is 4.90 Å². The van der Waals surface area contributed by atoms with E-state index in [9.17, 15) is 10.1 Å². The molecule has 4 nitrogen and oxygen atoms in total. The Balaban J connectivity index is 1.89. The number of thioether (sulfide) groups is 1. The molecule has 0 bridgehead atoms. The number of nitrogens with zero attached hydrogens (tertiary/aromatic N) is 2. The molecule has 0 atom stereocenters. The van der Waals surface area contributed by atoms with Crippen molar-refractivity contribution in [1.29, 1.82) is 0 Å². The van der Waals surface area contributed by atoms with Crippen LogP contribution in [-0.2, 0) is 0 Å². The molecule has 0 amide bonds. The number of rotatable bonds is 6. The molecule has 3 rings (SSSR count). The lowest BCUT2D eigenvalue weighted by Crippen LogP contribution is -1.97. The van der Waals surface area contributed by atoms with Crippen molar-refractivity contribution in [2.24, 2.45) is 4.99 Å². The normalized spacial score (nSPS) is 11.7. The fourth-order valence-electron chi connectivity index (χ4n) is 2.31. The van der Waals surface area contributed by atoms with Gasteiger partial charge in [-0.05, 0) is 53.9 Å². The minimum atomic E-state index is -0.414. The third kappa shape index (κ3) is 5.54. The van der Waals surface area contributed by atoms with E-state index in [-0.39, 0.29) is 5.69 Å². The maximum atomic E-state index is 10.9. The summed E-state index contributed by atoms with van der Waals surface area (Å²) in [6.45, 7) is 0. The number of halogens is 1. The van der Waals surface area contributed by atoms with Gasteiger partial charge < -0.3 is 0 Å². The number of para-hydroxylation sites is 1. The minimum absolute atomic E-state index is 0.0510. The highest BCUT2D eigenvalue weighted by Gasteiger charge is 2.07. The summed E-state index contributed by atoms with van der Waals surface area (Å²) in [4.78, 5) is 16.2. The second kappa shape index (κ2) is 9.16. The highest BCUT2D eigenvalue weighted by Crippen LogP contribution is 2.23. The third-order valence-electron chi connectivity index (χ3n) is 3.61. The number of aliphatic imine (C=N–C) groups is 1. The Morgan fingerprint density at radius 2 is 1.74 bits per heavy atom.